The third kappa shape index (κ3) is 3.56. The van der Waals surface area contributed by atoms with E-state index in [0.29, 0.717) is 18.1 Å². The van der Waals surface area contributed by atoms with Crippen molar-refractivity contribution >= 4 is 5.78 Å². The molecule has 0 unspecified atom stereocenters. The van der Waals surface area contributed by atoms with Crippen molar-refractivity contribution in [1.29, 1.82) is 0 Å². The van der Waals surface area contributed by atoms with Gasteiger partial charge in [0.1, 0.15) is 5.78 Å². The van der Waals surface area contributed by atoms with Gasteiger partial charge in [-0.05, 0) is 19.3 Å². The van der Waals surface area contributed by atoms with Crippen LogP contribution in [0, 0.1) is 5.92 Å². The Kier molecular flexibility index (Phi) is 4.79. The van der Waals surface area contributed by atoms with Crippen LogP contribution in [0.1, 0.15) is 51.4 Å². The molecular weight excluding hydrogens is 204 g/mol. The average Bonchev–Trinajstić information content (AvgIpc) is 2.38. The van der Waals surface area contributed by atoms with Crippen molar-refractivity contribution in [2.75, 3.05) is 13.2 Å². The molecule has 1 aliphatic heterocycles. The van der Waals surface area contributed by atoms with Crippen molar-refractivity contribution in [2.24, 2.45) is 5.92 Å². The molecule has 92 valence electrons. The van der Waals surface area contributed by atoms with Crippen LogP contribution in [0.3, 0.4) is 0 Å². The van der Waals surface area contributed by atoms with Crippen LogP contribution in [-0.2, 0) is 14.3 Å². The van der Waals surface area contributed by atoms with E-state index in [1.807, 2.05) is 0 Å². The fourth-order valence-electron chi connectivity index (χ4n) is 2.59. The van der Waals surface area contributed by atoms with E-state index in [1.165, 1.54) is 19.3 Å². The second-order valence-electron chi connectivity index (χ2n) is 4.86. The first-order chi connectivity index (χ1) is 7.86. The minimum atomic E-state index is -0.124. The average molecular weight is 226 g/mol. The highest BCUT2D eigenvalue weighted by molar-refractivity contribution is 5.81. The Labute approximate surface area is 97.5 Å². The Bertz CT molecular complexity index is 215. The summed E-state index contributed by atoms with van der Waals surface area (Å²) in [6.45, 7) is 1.56. The number of rotatable bonds is 4. The Morgan fingerprint density at radius 2 is 1.69 bits per heavy atom. The zero-order chi connectivity index (χ0) is 11.2. The topological polar surface area (TPSA) is 35.5 Å². The van der Waals surface area contributed by atoms with Gasteiger partial charge >= 0.3 is 0 Å². The lowest BCUT2D eigenvalue weighted by molar-refractivity contribution is -0.182. The molecule has 16 heavy (non-hydrogen) atoms. The number of carbonyl (C=O) groups excluding carboxylic acids is 1. The van der Waals surface area contributed by atoms with Gasteiger partial charge < -0.3 is 9.47 Å². The summed E-state index contributed by atoms with van der Waals surface area (Å²) in [5.41, 5.74) is 0. The molecule has 3 heteroatoms. The molecule has 2 fully saturated rings. The Morgan fingerprint density at radius 1 is 1.00 bits per heavy atom. The van der Waals surface area contributed by atoms with Crippen LogP contribution >= 0.6 is 0 Å². The van der Waals surface area contributed by atoms with Gasteiger partial charge in [-0.15, -0.1) is 0 Å². The lowest BCUT2D eigenvalue weighted by atomic mass is 9.85. The van der Waals surface area contributed by atoms with Crippen LogP contribution in [0.5, 0.6) is 0 Å². The van der Waals surface area contributed by atoms with Crippen LogP contribution in [-0.4, -0.2) is 25.3 Å². The van der Waals surface area contributed by atoms with E-state index in [0.717, 1.165) is 38.9 Å². The van der Waals surface area contributed by atoms with Gasteiger partial charge in [0.15, 0.2) is 6.29 Å². The smallest absolute Gasteiger partial charge is 0.157 e. The highest BCUT2D eigenvalue weighted by Gasteiger charge is 2.22. The molecule has 2 aliphatic rings. The summed E-state index contributed by atoms with van der Waals surface area (Å²) in [7, 11) is 0. The van der Waals surface area contributed by atoms with Crippen molar-refractivity contribution in [3.63, 3.8) is 0 Å². The summed E-state index contributed by atoms with van der Waals surface area (Å²) in [6, 6.07) is 0. The molecule has 0 atom stereocenters. The predicted molar refractivity (Wildman–Crippen MR) is 61.1 cm³/mol. The lowest BCUT2D eigenvalue weighted by Crippen LogP contribution is -2.26. The molecule has 1 heterocycles. The van der Waals surface area contributed by atoms with Gasteiger partial charge in [-0.25, -0.2) is 0 Å². The largest absolute Gasteiger partial charge is 0.353 e. The van der Waals surface area contributed by atoms with Crippen molar-refractivity contribution in [2.45, 2.75) is 57.7 Å². The molecule has 1 saturated heterocycles. The minimum Gasteiger partial charge on any atom is -0.353 e. The lowest BCUT2D eigenvalue weighted by Gasteiger charge is -2.24. The Morgan fingerprint density at radius 3 is 2.38 bits per heavy atom. The molecule has 0 aromatic carbocycles. The summed E-state index contributed by atoms with van der Waals surface area (Å²) in [5, 5.41) is 0. The molecule has 1 aliphatic carbocycles. The zero-order valence-corrected chi connectivity index (χ0v) is 9.95. The summed E-state index contributed by atoms with van der Waals surface area (Å²) in [6.07, 6.45) is 8.20. The first-order valence-corrected chi connectivity index (χ1v) is 6.62. The fraction of sp³-hybridized carbons (Fsp3) is 0.923. The van der Waals surface area contributed by atoms with Gasteiger partial charge in [0, 0.05) is 18.8 Å². The molecule has 0 aromatic rings. The SMILES string of the molecule is O=C(CCC1OCCCO1)C1CCCCC1. The van der Waals surface area contributed by atoms with Crippen LogP contribution in [0.4, 0.5) is 0 Å². The first kappa shape index (κ1) is 12.1. The number of hydrogen-bond acceptors (Lipinski definition) is 3. The van der Waals surface area contributed by atoms with Crippen LogP contribution in [0.2, 0.25) is 0 Å². The van der Waals surface area contributed by atoms with Gasteiger partial charge in [-0.2, -0.15) is 0 Å². The molecule has 0 bridgehead atoms. The number of ketones is 1. The van der Waals surface area contributed by atoms with E-state index in [1.54, 1.807) is 0 Å². The van der Waals surface area contributed by atoms with Crippen molar-refractivity contribution in [1.82, 2.24) is 0 Å². The summed E-state index contributed by atoms with van der Waals surface area (Å²) >= 11 is 0. The molecule has 0 radical (unpaired) electrons. The maximum atomic E-state index is 11.9. The molecule has 3 nitrogen and oxygen atoms in total. The van der Waals surface area contributed by atoms with Gasteiger partial charge in [0.05, 0.1) is 13.2 Å². The summed E-state index contributed by atoms with van der Waals surface area (Å²) in [5.74, 6) is 0.759. The van der Waals surface area contributed by atoms with Gasteiger partial charge in [0.25, 0.3) is 0 Å². The highest BCUT2D eigenvalue weighted by atomic mass is 16.7. The van der Waals surface area contributed by atoms with Crippen LogP contribution in [0.25, 0.3) is 0 Å². The van der Waals surface area contributed by atoms with Crippen molar-refractivity contribution < 1.29 is 14.3 Å². The quantitative estimate of drug-likeness (QED) is 0.739. The van der Waals surface area contributed by atoms with E-state index in [9.17, 15) is 4.79 Å². The second-order valence-corrected chi connectivity index (χ2v) is 4.86. The van der Waals surface area contributed by atoms with Gasteiger partial charge in [-0.1, -0.05) is 19.3 Å². The maximum Gasteiger partial charge on any atom is 0.157 e. The van der Waals surface area contributed by atoms with E-state index >= 15 is 0 Å². The van der Waals surface area contributed by atoms with Crippen molar-refractivity contribution in [3.8, 4) is 0 Å². The standard InChI is InChI=1S/C13H22O3/c14-12(11-5-2-1-3-6-11)7-8-13-15-9-4-10-16-13/h11,13H,1-10H2. The molecule has 0 aromatic heterocycles. The van der Waals surface area contributed by atoms with E-state index in [-0.39, 0.29) is 6.29 Å². The number of hydrogen-bond donors (Lipinski definition) is 0. The summed E-state index contributed by atoms with van der Waals surface area (Å²) in [4.78, 5) is 11.9. The normalized spacial score (nSPS) is 24.5. The maximum absolute atomic E-state index is 11.9. The van der Waals surface area contributed by atoms with Crippen molar-refractivity contribution in [3.05, 3.63) is 0 Å². The number of Topliss-reactive ketones (excluding diaryl/α,β-unsaturated/α-hetero) is 1. The van der Waals surface area contributed by atoms with E-state index < -0.39 is 0 Å². The van der Waals surface area contributed by atoms with Gasteiger partial charge in [0.2, 0.25) is 0 Å². The number of ether oxygens (including phenoxy) is 2. The molecule has 1 saturated carbocycles. The van der Waals surface area contributed by atoms with E-state index in [2.05, 4.69) is 0 Å². The summed E-state index contributed by atoms with van der Waals surface area (Å²) < 4.78 is 10.9. The molecule has 0 amide bonds. The molecule has 2 rings (SSSR count). The Hall–Kier alpha value is -0.410. The Balaban J connectivity index is 1.65. The van der Waals surface area contributed by atoms with E-state index in [4.69, 9.17) is 9.47 Å². The fourth-order valence-corrected chi connectivity index (χ4v) is 2.59. The third-order valence-corrected chi connectivity index (χ3v) is 3.58. The first-order valence-electron chi connectivity index (χ1n) is 6.62. The molecular formula is C13H22O3. The molecule has 0 spiro atoms. The minimum absolute atomic E-state index is 0.124. The third-order valence-electron chi connectivity index (χ3n) is 3.58. The van der Waals surface area contributed by atoms with Crippen LogP contribution in [0.15, 0.2) is 0 Å². The van der Waals surface area contributed by atoms with Crippen LogP contribution < -0.4 is 0 Å². The van der Waals surface area contributed by atoms with Gasteiger partial charge in [-0.3, -0.25) is 4.79 Å². The second kappa shape index (κ2) is 6.36. The number of carbonyl (C=O) groups is 1. The molecule has 0 N–H and O–H groups in total. The zero-order valence-electron chi connectivity index (χ0n) is 9.95. The predicted octanol–water partition coefficient (Wildman–Crippen LogP) is 2.68. The monoisotopic (exact) mass is 226 g/mol. The highest BCUT2D eigenvalue weighted by Crippen LogP contribution is 2.26.